The SMILES string of the molecule is COc1ccc(C(=O)OC2OC(CO)C(O)C(O)C2O)cc1. The third-order valence-electron chi connectivity index (χ3n) is 3.40. The van der Waals surface area contributed by atoms with Crippen LogP contribution in [0.15, 0.2) is 24.3 Å². The maximum Gasteiger partial charge on any atom is 0.340 e. The van der Waals surface area contributed by atoms with Gasteiger partial charge in [-0.2, -0.15) is 0 Å². The summed E-state index contributed by atoms with van der Waals surface area (Å²) in [6.07, 6.45) is -7.35. The van der Waals surface area contributed by atoms with Crippen molar-refractivity contribution in [3.63, 3.8) is 0 Å². The quantitative estimate of drug-likeness (QED) is 0.503. The fourth-order valence-electron chi connectivity index (χ4n) is 2.07. The van der Waals surface area contributed by atoms with Crippen molar-refractivity contribution in [3.05, 3.63) is 29.8 Å². The van der Waals surface area contributed by atoms with Gasteiger partial charge in [-0.05, 0) is 24.3 Å². The molecule has 1 saturated heterocycles. The van der Waals surface area contributed by atoms with Crippen molar-refractivity contribution in [1.82, 2.24) is 0 Å². The molecule has 1 aliphatic heterocycles. The van der Waals surface area contributed by atoms with E-state index in [1.807, 2.05) is 0 Å². The molecule has 1 aromatic rings. The Hall–Kier alpha value is -1.71. The molecule has 0 saturated carbocycles. The number of hydrogen-bond donors (Lipinski definition) is 4. The van der Waals surface area contributed by atoms with Crippen LogP contribution in [0.5, 0.6) is 5.75 Å². The smallest absolute Gasteiger partial charge is 0.340 e. The Bertz CT molecular complexity index is 500. The number of benzene rings is 1. The van der Waals surface area contributed by atoms with Gasteiger partial charge < -0.3 is 34.6 Å². The largest absolute Gasteiger partial charge is 0.497 e. The molecule has 8 nitrogen and oxygen atoms in total. The van der Waals surface area contributed by atoms with Crippen molar-refractivity contribution < 1.29 is 39.4 Å². The summed E-state index contributed by atoms with van der Waals surface area (Å²) in [5.74, 6) is -0.226. The first-order valence-corrected chi connectivity index (χ1v) is 6.63. The summed E-state index contributed by atoms with van der Waals surface area (Å²) >= 11 is 0. The Labute approximate surface area is 126 Å². The van der Waals surface area contributed by atoms with E-state index in [0.29, 0.717) is 5.75 Å². The topological polar surface area (TPSA) is 126 Å². The van der Waals surface area contributed by atoms with Crippen LogP contribution in [0.25, 0.3) is 0 Å². The van der Waals surface area contributed by atoms with Crippen molar-refractivity contribution in [1.29, 1.82) is 0 Å². The van der Waals surface area contributed by atoms with Gasteiger partial charge in [-0.15, -0.1) is 0 Å². The minimum absolute atomic E-state index is 0.192. The number of carbonyl (C=O) groups excluding carboxylic acids is 1. The van der Waals surface area contributed by atoms with Crippen LogP contribution >= 0.6 is 0 Å². The van der Waals surface area contributed by atoms with Crippen LogP contribution < -0.4 is 4.74 Å². The second-order valence-electron chi connectivity index (χ2n) is 4.83. The lowest BCUT2D eigenvalue weighted by atomic mass is 9.99. The number of hydrogen-bond acceptors (Lipinski definition) is 8. The van der Waals surface area contributed by atoms with E-state index in [9.17, 15) is 20.1 Å². The second-order valence-corrected chi connectivity index (χ2v) is 4.83. The molecule has 4 N–H and O–H groups in total. The van der Waals surface area contributed by atoms with E-state index >= 15 is 0 Å². The maximum atomic E-state index is 12.0. The second kappa shape index (κ2) is 7.03. The number of esters is 1. The Morgan fingerprint density at radius 1 is 1.14 bits per heavy atom. The highest BCUT2D eigenvalue weighted by atomic mass is 16.7. The lowest BCUT2D eigenvalue weighted by Crippen LogP contribution is -2.59. The lowest BCUT2D eigenvalue weighted by Gasteiger charge is -2.39. The van der Waals surface area contributed by atoms with Gasteiger partial charge in [-0.3, -0.25) is 0 Å². The Kier molecular flexibility index (Phi) is 5.33. The molecule has 5 atom stereocenters. The van der Waals surface area contributed by atoms with Crippen LogP contribution in [0, 0.1) is 0 Å². The zero-order valence-electron chi connectivity index (χ0n) is 11.8. The van der Waals surface area contributed by atoms with Gasteiger partial charge in [0.25, 0.3) is 0 Å². The van der Waals surface area contributed by atoms with E-state index in [0.717, 1.165) is 0 Å². The monoisotopic (exact) mass is 314 g/mol. The van der Waals surface area contributed by atoms with Crippen molar-refractivity contribution in [2.45, 2.75) is 30.7 Å². The zero-order chi connectivity index (χ0) is 16.3. The Morgan fingerprint density at radius 3 is 2.32 bits per heavy atom. The molecule has 1 fully saturated rings. The summed E-state index contributed by atoms with van der Waals surface area (Å²) in [6.45, 7) is -0.596. The van der Waals surface area contributed by atoms with Crippen molar-refractivity contribution in [2.24, 2.45) is 0 Å². The van der Waals surface area contributed by atoms with Gasteiger partial charge in [0, 0.05) is 0 Å². The van der Waals surface area contributed by atoms with Gasteiger partial charge in [0.1, 0.15) is 30.2 Å². The molecule has 0 aliphatic carbocycles. The molecule has 1 aromatic carbocycles. The number of ether oxygens (including phenoxy) is 3. The number of aliphatic hydroxyl groups is 4. The highest BCUT2D eigenvalue weighted by Gasteiger charge is 2.45. The van der Waals surface area contributed by atoms with Crippen LogP contribution in [0.4, 0.5) is 0 Å². The van der Waals surface area contributed by atoms with E-state index in [-0.39, 0.29) is 5.56 Å². The Morgan fingerprint density at radius 2 is 1.77 bits per heavy atom. The summed E-state index contributed by atoms with van der Waals surface area (Å²) in [6, 6.07) is 6.05. The van der Waals surface area contributed by atoms with Gasteiger partial charge in [0.15, 0.2) is 0 Å². The summed E-state index contributed by atoms with van der Waals surface area (Å²) < 4.78 is 15.0. The Balaban J connectivity index is 2.06. The van der Waals surface area contributed by atoms with Gasteiger partial charge in [-0.25, -0.2) is 4.79 Å². The number of methoxy groups -OCH3 is 1. The number of aliphatic hydroxyl groups excluding tert-OH is 4. The molecule has 0 spiro atoms. The predicted molar refractivity (Wildman–Crippen MR) is 72.2 cm³/mol. The van der Waals surface area contributed by atoms with Crippen molar-refractivity contribution >= 4 is 5.97 Å². The molecular weight excluding hydrogens is 296 g/mol. The molecule has 122 valence electrons. The molecule has 0 radical (unpaired) electrons. The van der Waals surface area contributed by atoms with E-state index < -0.39 is 43.3 Å². The summed E-state index contributed by atoms with van der Waals surface area (Å²) in [7, 11) is 1.49. The van der Waals surface area contributed by atoms with Crippen LogP contribution in [-0.4, -0.2) is 70.8 Å². The lowest BCUT2D eigenvalue weighted by molar-refractivity contribution is -0.285. The van der Waals surface area contributed by atoms with Crippen LogP contribution in [-0.2, 0) is 9.47 Å². The van der Waals surface area contributed by atoms with Crippen molar-refractivity contribution in [2.75, 3.05) is 13.7 Å². The van der Waals surface area contributed by atoms with E-state index in [2.05, 4.69) is 0 Å². The molecule has 1 heterocycles. The van der Waals surface area contributed by atoms with Gasteiger partial charge in [0.2, 0.25) is 6.29 Å². The fourth-order valence-corrected chi connectivity index (χ4v) is 2.07. The van der Waals surface area contributed by atoms with E-state index in [1.54, 1.807) is 12.1 Å². The van der Waals surface area contributed by atoms with Gasteiger partial charge in [-0.1, -0.05) is 0 Å². The third kappa shape index (κ3) is 3.37. The fraction of sp³-hybridized carbons (Fsp3) is 0.500. The molecule has 0 bridgehead atoms. The summed E-state index contributed by atoms with van der Waals surface area (Å²) in [5.41, 5.74) is 0.192. The summed E-state index contributed by atoms with van der Waals surface area (Å²) in [4.78, 5) is 12.0. The summed E-state index contributed by atoms with van der Waals surface area (Å²) in [5, 5.41) is 38.1. The average Bonchev–Trinajstić information content (AvgIpc) is 2.55. The molecule has 1 aliphatic rings. The molecule has 22 heavy (non-hydrogen) atoms. The van der Waals surface area contributed by atoms with Crippen LogP contribution in [0.1, 0.15) is 10.4 Å². The molecule has 0 amide bonds. The van der Waals surface area contributed by atoms with Crippen LogP contribution in [0.2, 0.25) is 0 Å². The van der Waals surface area contributed by atoms with Gasteiger partial charge in [0.05, 0.1) is 19.3 Å². The highest BCUT2D eigenvalue weighted by Crippen LogP contribution is 2.23. The van der Waals surface area contributed by atoms with E-state index in [4.69, 9.17) is 19.3 Å². The van der Waals surface area contributed by atoms with E-state index in [1.165, 1.54) is 19.2 Å². The number of carbonyl (C=O) groups is 1. The zero-order valence-corrected chi connectivity index (χ0v) is 11.8. The first-order chi connectivity index (χ1) is 10.5. The highest BCUT2D eigenvalue weighted by molar-refractivity contribution is 5.89. The maximum absolute atomic E-state index is 12.0. The molecule has 2 rings (SSSR count). The molecule has 8 heteroatoms. The first-order valence-electron chi connectivity index (χ1n) is 6.63. The number of rotatable bonds is 4. The minimum Gasteiger partial charge on any atom is -0.497 e. The van der Waals surface area contributed by atoms with Gasteiger partial charge >= 0.3 is 5.97 Å². The third-order valence-corrected chi connectivity index (χ3v) is 3.40. The molecule has 0 aromatic heterocycles. The van der Waals surface area contributed by atoms with Crippen molar-refractivity contribution in [3.8, 4) is 5.75 Å². The first kappa shape index (κ1) is 16.7. The molecule has 5 unspecified atom stereocenters. The molecular formula is C14H18O8. The normalized spacial score (nSPS) is 31.6. The average molecular weight is 314 g/mol. The van der Waals surface area contributed by atoms with Crippen LogP contribution in [0.3, 0.4) is 0 Å². The minimum atomic E-state index is -1.63. The standard InChI is InChI=1S/C14H18O8/c1-20-8-4-2-7(3-5-8)13(19)22-14-12(18)11(17)10(16)9(6-15)21-14/h2-5,9-12,14-18H,6H2,1H3. The predicted octanol–water partition coefficient (Wildman–Crippen LogP) is -1.35.